The molecule has 3 nitrogen and oxygen atoms in total. The lowest BCUT2D eigenvalue weighted by molar-refractivity contribution is -0.192. The van der Waals surface area contributed by atoms with Crippen molar-refractivity contribution in [2.45, 2.75) is 64.6 Å². The van der Waals surface area contributed by atoms with E-state index in [4.69, 9.17) is 15.6 Å². The lowest BCUT2D eigenvalue weighted by Gasteiger charge is -2.02. The Morgan fingerprint density at radius 2 is 1.65 bits per heavy atom. The van der Waals surface area contributed by atoms with Gasteiger partial charge in [0.15, 0.2) is 0 Å². The summed E-state index contributed by atoms with van der Waals surface area (Å²) in [5.41, 5.74) is 5.61. The summed E-state index contributed by atoms with van der Waals surface area (Å²) in [5, 5.41) is 7.12. The monoisotopic (exact) mass is 257 g/mol. The van der Waals surface area contributed by atoms with Crippen LogP contribution in [0.25, 0.3) is 0 Å². The molecule has 0 aromatic rings. The van der Waals surface area contributed by atoms with Crippen molar-refractivity contribution in [1.82, 2.24) is 0 Å². The molecule has 104 valence electrons. The van der Waals surface area contributed by atoms with Gasteiger partial charge >= 0.3 is 12.1 Å². The Balaban J connectivity index is 0. The van der Waals surface area contributed by atoms with Crippen LogP contribution in [0.5, 0.6) is 0 Å². The van der Waals surface area contributed by atoms with E-state index in [0.717, 1.165) is 0 Å². The van der Waals surface area contributed by atoms with E-state index in [1.807, 2.05) is 0 Å². The molecular formula is C11H22F3NO2. The Kier molecular flexibility index (Phi) is 11.3. The highest BCUT2D eigenvalue weighted by Gasteiger charge is 2.38. The summed E-state index contributed by atoms with van der Waals surface area (Å²) in [5.74, 6) is -2.76. The number of hydrogen-bond donors (Lipinski definition) is 2. The molecule has 0 aromatic heterocycles. The number of hydrogen-bond acceptors (Lipinski definition) is 2. The summed E-state index contributed by atoms with van der Waals surface area (Å²) in [4.78, 5) is 8.90. The molecule has 0 bridgehead atoms. The molecule has 0 radical (unpaired) electrons. The van der Waals surface area contributed by atoms with Gasteiger partial charge < -0.3 is 10.8 Å². The third-order valence-corrected chi connectivity index (χ3v) is 2.01. The lowest BCUT2D eigenvalue weighted by Crippen LogP contribution is -2.21. The topological polar surface area (TPSA) is 63.3 Å². The fraction of sp³-hybridized carbons (Fsp3) is 0.909. The number of nitrogens with two attached hydrogens (primary N) is 1. The standard InChI is InChI=1S/C9H21N.C2HF3O2/c1-3-4-5-6-7-8-9(2)10;3-2(4,5)1(6)7/h9H,3-8,10H2,1-2H3;(H,6,7). The zero-order valence-corrected chi connectivity index (χ0v) is 10.4. The fourth-order valence-electron chi connectivity index (χ4n) is 1.07. The molecule has 0 saturated carbocycles. The van der Waals surface area contributed by atoms with E-state index < -0.39 is 12.1 Å². The maximum Gasteiger partial charge on any atom is 0.490 e. The fourth-order valence-corrected chi connectivity index (χ4v) is 1.07. The summed E-state index contributed by atoms with van der Waals surface area (Å²) in [6, 6.07) is 0.404. The Labute approximate surface area is 100 Å². The molecule has 6 heteroatoms. The molecule has 1 atom stereocenters. The van der Waals surface area contributed by atoms with Gasteiger partial charge in [-0.25, -0.2) is 4.79 Å². The van der Waals surface area contributed by atoms with Crippen molar-refractivity contribution in [1.29, 1.82) is 0 Å². The Bertz CT molecular complexity index is 194. The first-order chi connectivity index (χ1) is 7.71. The van der Waals surface area contributed by atoms with Crippen molar-refractivity contribution in [3.8, 4) is 0 Å². The Morgan fingerprint density at radius 3 is 1.94 bits per heavy atom. The highest BCUT2D eigenvalue weighted by molar-refractivity contribution is 5.73. The number of alkyl halides is 3. The second kappa shape index (κ2) is 10.4. The van der Waals surface area contributed by atoms with Gasteiger partial charge in [-0.05, 0) is 13.3 Å². The highest BCUT2D eigenvalue weighted by atomic mass is 19.4. The molecule has 0 fully saturated rings. The van der Waals surface area contributed by atoms with Crippen LogP contribution in [-0.4, -0.2) is 23.3 Å². The summed E-state index contributed by atoms with van der Waals surface area (Å²) >= 11 is 0. The predicted molar refractivity (Wildman–Crippen MR) is 60.7 cm³/mol. The number of carbonyl (C=O) groups is 1. The number of carboxylic acids is 1. The molecule has 0 spiro atoms. The normalized spacial score (nSPS) is 12.6. The van der Waals surface area contributed by atoms with Gasteiger partial charge in [0.05, 0.1) is 0 Å². The highest BCUT2D eigenvalue weighted by Crippen LogP contribution is 2.13. The molecule has 1 unspecified atom stereocenters. The van der Waals surface area contributed by atoms with Gasteiger partial charge in [0.2, 0.25) is 0 Å². The molecule has 17 heavy (non-hydrogen) atoms. The van der Waals surface area contributed by atoms with E-state index in [9.17, 15) is 13.2 Å². The van der Waals surface area contributed by atoms with E-state index in [0.29, 0.717) is 6.04 Å². The molecule has 0 heterocycles. The molecule has 3 N–H and O–H groups in total. The number of unbranched alkanes of at least 4 members (excludes halogenated alkanes) is 4. The van der Waals surface area contributed by atoms with Crippen LogP contribution in [0, 0.1) is 0 Å². The van der Waals surface area contributed by atoms with E-state index in [-0.39, 0.29) is 0 Å². The minimum atomic E-state index is -5.08. The molecule has 0 rings (SSSR count). The van der Waals surface area contributed by atoms with Crippen molar-refractivity contribution < 1.29 is 23.1 Å². The lowest BCUT2D eigenvalue weighted by atomic mass is 10.1. The van der Waals surface area contributed by atoms with Crippen LogP contribution in [0.1, 0.15) is 52.4 Å². The molecule has 0 saturated heterocycles. The molecular weight excluding hydrogens is 235 g/mol. The number of aliphatic carboxylic acids is 1. The van der Waals surface area contributed by atoms with Crippen molar-refractivity contribution in [3.05, 3.63) is 0 Å². The third kappa shape index (κ3) is 17.8. The summed E-state index contributed by atoms with van der Waals surface area (Å²) in [6.07, 6.45) is 2.91. The maximum atomic E-state index is 10.6. The van der Waals surface area contributed by atoms with Crippen molar-refractivity contribution >= 4 is 5.97 Å². The van der Waals surface area contributed by atoms with Crippen LogP contribution in [0.4, 0.5) is 13.2 Å². The predicted octanol–water partition coefficient (Wildman–Crippen LogP) is 3.33. The van der Waals surface area contributed by atoms with Crippen LogP contribution in [0.2, 0.25) is 0 Å². The summed E-state index contributed by atoms with van der Waals surface area (Å²) < 4.78 is 31.7. The van der Waals surface area contributed by atoms with Crippen molar-refractivity contribution in [3.63, 3.8) is 0 Å². The minimum absolute atomic E-state index is 0.404. The van der Waals surface area contributed by atoms with Gasteiger partial charge in [-0.3, -0.25) is 0 Å². The van der Waals surface area contributed by atoms with Crippen LogP contribution in [0.15, 0.2) is 0 Å². The number of carboxylic acid groups (broad SMARTS) is 1. The van der Waals surface area contributed by atoms with E-state index >= 15 is 0 Å². The van der Waals surface area contributed by atoms with Gasteiger partial charge in [0.25, 0.3) is 0 Å². The molecule has 0 amide bonds. The van der Waals surface area contributed by atoms with Gasteiger partial charge in [-0.1, -0.05) is 39.0 Å². The summed E-state index contributed by atoms with van der Waals surface area (Å²) in [6.45, 7) is 4.32. The summed E-state index contributed by atoms with van der Waals surface area (Å²) in [7, 11) is 0. The Morgan fingerprint density at radius 1 is 1.24 bits per heavy atom. The first-order valence-electron chi connectivity index (χ1n) is 5.77. The van der Waals surface area contributed by atoms with Gasteiger partial charge in [-0.15, -0.1) is 0 Å². The van der Waals surface area contributed by atoms with Crippen LogP contribution in [-0.2, 0) is 4.79 Å². The molecule has 0 aliphatic carbocycles. The number of rotatable bonds is 6. The zero-order chi connectivity index (χ0) is 13.9. The Hall–Kier alpha value is -0.780. The van der Waals surface area contributed by atoms with Crippen LogP contribution < -0.4 is 5.73 Å². The first-order valence-corrected chi connectivity index (χ1v) is 5.77. The second-order valence-corrected chi connectivity index (χ2v) is 3.98. The van der Waals surface area contributed by atoms with Gasteiger partial charge in [0, 0.05) is 6.04 Å². The maximum absolute atomic E-state index is 10.6. The average Bonchev–Trinajstić information content (AvgIpc) is 2.16. The molecule has 0 aliphatic rings. The van der Waals surface area contributed by atoms with E-state index in [2.05, 4.69) is 13.8 Å². The SMILES string of the molecule is CCCCCCCC(C)N.O=C(O)C(F)(F)F. The van der Waals surface area contributed by atoms with Crippen LogP contribution in [0.3, 0.4) is 0 Å². The largest absolute Gasteiger partial charge is 0.490 e. The van der Waals surface area contributed by atoms with E-state index in [1.165, 1.54) is 38.5 Å². The van der Waals surface area contributed by atoms with Crippen molar-refractivity contribution in [2.24, 2.45) is 5.73 Å². The smallest absolute Gasteiger partial charge is 0.475 e. The van der Waals surface area contributed by atoms with Gasteiger partial charge in [0.1, 0.15) is 0 Å². The van der Waals surface area contributed by atoms with E-state index in [1.54, 1.807) is 0 Å². The second-order valence-electron chi connectivity index (χ2n) is 3.98. The average molecular weight is 257 g/mol. The molecule has 0 aliphatic heterocycles. The van der Waals surface area contributed by atoms with Crippen LogP contribution >= 0.6 is 0 Å². The zero-order valence-electron chi connectivity index (χ0n) is 10.4. The molecule has 0 aromatic carbocycles. The number of halogens is 3. The first kappa shape index (κ1) is 18.6. The minimum Gasteiger partial charge on any atom is -0.475 e. The van der Waals surface area contributed by atoms with Crippen molar-refractivity contribution in [2.75, 3.05) is 0 Å². The van der Waals surface area contributed by atoms with Gasteiger partial charge in [-0.2, -0.15) is 13.2 Å². The quantitative estimate of drug-likeness (QED) is 0.717. The third-order valence-electron chi connectivity index (χ3n) is 2.01.